The first kappa shape index (κ1) is 20.8. The number of ether oxygens (including phenoxy) is 2. The van der Waals surface area contributed by atoms with Crippen LogP contribution in [-0.4, -0.2) is 25.0 Å². The fraction of sp³-hybridized carbons (Fsp3) is 0.208. The zero-order chi connectivity index (χ0) is 22.1. The summed E-state index contributed by atoms with van der Waals surface area (Å²) in [6.07, 6.45) is 0.0876. The number of hydrogen-bond donors (Lipinski definition) is 1. The molecule has 0 spiro atoms. The maximum absolute atomic E-state index is 12.9. The van der Waals surface area contributed by atoms with E-state index in [4.69, 9.17) is 9.47 Å². The molecule has 1 amide bonds. The number of carbonyl (C=O) groups excluding carboxylic acids is 3. The Hall–Kier alpha value is -3.45. The van der Waals surface area contributed by atoms with Crippen LogP contribution < -0.4 is 5.32 Å². The molecule has 1 aromatic heterocycles. The molecule has 0 radical (unpaired) electrons. The summed E-state index contributed by atoms with van der Waals surface area (Å²) in [5.74, 6) is -1.25. The predicted octanol–water partition coefficient (Wildman–Crippen LogP) is 4.86. The lowest BCUT2D eigenvalue weighted by Gasteiger charge is -2.25. The van der Waals surface area contributed by atoms with Crippen LogP contribution in [0.1, 0.15) is 58.7 Å². The van der Waals surface area contributed by atoms with Gasteiger partial charge in [0.05, 0.1) is 18.2 Å². The minimum atomic E-state index is -0.490. The van der Waals surface area contributed by atoms with Crippen molar-refractivity contribution in [2.45, 2.75) is 26.4 Å². The lowest BCUT2D eigenvalue weighted by atomic mass is 9.93. The highest BCUT2D eigenvalue weighted by Gasteiger charge is 2.28. The van der Waals surface area contributed by atoms with E-state index in [-0.39, 0.29) is 5.91 Å². The molecular formula is C24H21NO5S. The van der Waals surface area contributed by atoms with Gasteiger partial charge in [-0.2, -0.15) is 0 Å². The van der Waals surface area contributed by atoms with Crippen molar-refractivity contribution in [2.24, 2.45) is 0 Å². The van der Waals surface area contributed by atoms with Crippen molar-refractivity contribution in [1.82, 2.24) is 0 Å². The van der Waals surface area contributed by atoms with E-state index in [1.54, 1.807) is 18.2 Å². The van der Waals surface area contributed by atoms with Crippen LogP contribution in [0.15, 0.2) is 48.5 Å². The highest BCUT2D eigenvalue weighted by atomic mass is 32.1. The summed E-state index contributed by atoms with van der Waals surface area (Å²) in [6, 6.07) is 14.4. The molecule has 4 rings (SSSR count). The van der Waals surface area contributed by atoms with Crippen molar-refractivity contribution in [2.75, 3.05) is 12.4 Å². The molecule has 2 aromatic carbocycles. The average Bonchev–Trinajstić information content (AvgIpc) is 3.06. The number of esters is 2. The molecule has 0 saturated carbocycles. The van der Waals surface area contributed by atoms with Gasteiger partial charge in [-0.1, -0.05) is 30.3 Å². The number of rotatable bonds is 4. The van der Waals surface area contributed by atoms with E-state index in [1.807, 2.05) is 44.2 Å². The van der Waals surface area contributed by atoms with Gasteiger partial charge in [-0.05, 0) is 48.7 Å². The summed E-state index contributed by atoms with van der Waals surface area (Å²) >= 11 is 1.33. The number of methoxy groups -OCH3 is 1. The van der Waals surface area contributed by atoms with Gasteiger partial charge < -0.3 is 14.8 Å². The summed E-state index contributed by atoms with van der Waals surface area (Å²) in [5.41, 5.74) is 3.67. The van der Waals surface area contributed by atoms with Gasteiger partial charge in [0.2, 0.25) is 0 Å². The van der Waals surface area contributed by atoms with E-state index in [0.29, 0.717) is 28.1 Å². The SMILES string of the molecule is COC(=O)c1c(NC(=O)c2ccc3c(c2)C[C@@H](c2ccccc2)OC3=O)sc(C)c1C. The highest BCUT2D eigenvalue weighted by molar-refractivity contribution is 7.16. The Bertz CT molecular complexity index is 1180. The first-order valence-corrected chi connectivity index (χ1v) is 10.6. The van der Waals surface area contributed by atoms with Crippen molar-refractivity contribution in [3.8, 4) is 0 Å². The van der Waals surface area contributed by atoms with E-state index >= 15 is 0 Å². The third-order valence-electron chi connectivity index (χ3n) is 5.42. The van der Waals surface area contributed by atoms with Gasteiger partial charge >= 0.3 is 11.9 Å². The molecule has 0 unspecified atom stereocenters. The number of carbonyl (C=O) groups is 3. The molecule has 1 aliphatic heterocycles. The summed E-state index contributed by atoms with van der Waals surface area (Å²) in [4.78, 5) is 38.5. The van der Waals surface area contributed by atoms with Crippen molar-refractivity contribution < 1.29 is 23.9 Å². The molecule has 6 nitrogen and oxygen atoms in total. The zero-order valence-corrected chi connectivity index (χ0v) is 18.2. The first-order valence-electron chi connectivity index (χ1n) is 9.77. The van der Waals surface area contributed by atoms with Crippen LogP contribution in [0.5, 0.6) is 0 Å². The van der Waals surface area contributed by atoms with Crippen LogP contribution in [0.2, 0.25) is 0 Å². The van der Waals surface area contributed by atoms with E-state index in [9.17, 15) is 14.4 Å². The lowest BCUT2D eigenvalue weighted by Crippen LogP contribution is -2.23. The third kappa shape index (κ3) is 3.96. The van der Waals surface area contributed by atoms with Crippen molar-refractivity contribution in [1.29, 1.82) is 0 Å². The second-order valence-electron chi connectivity index (χ2n) is 7.31. The third-order valence-corrected chi connectivity index (χ3v) is 6.54. The van der Waals surface area contributed by atoms with Crippen molar-refractivity contribution >= 4 is 34.2 Å². The molecule has 1 N–H and O–H groups in total. The highest BCUT2D eigenvalue weighted by Crippen LogP contribution is 2.34. The molecule has 7 heteroatoms. The van der Waals surface area contributed by atoms with Crippen molar-refractivity contribution in [3.05, 3.63) is 86.8 Å². The number of aryl methyl sites for hydroxylation is 1. The Balaban J connectivity index is 1.61. The second kappa shape index (κ2) is 8.35. The monoisotopic (exact) mass is 435 g/mol. The molecule has 3 aromatic rings. The molecule has 2 heterocycles. The van der Waals surface area contributed by atoms with Gasteiger partial charge in [-0.15, -0.1) is 11.3 Å². The number of fused-ring (bicyclic) bond motifs is 1. The summed E-state index contributed by atoms with van der Waals surface area (Å²) in [6.45, 7) is 3.71. The van der Waals surface area contributed by atoms with Gasteiger partial charge in [0.1, 0.15) is 11.1 Å². The average molecular weight is 436 g/mol. The zero-order valence-electron chi connectivity index (χ0n) is 17.4. The van der Waals surface area contributed by atoms with E-state index in [2.05, 4.69) is 5.32 Å². The van der Waals surface area contributed by atoms with Crippen LogP contribution in [0.25, 0.3) is 0 Å². The number of amides is 1. The standard InChI is InChI=1S/C24H21NO5S/c1-13-14(2)31-22(20(13)24(28)29-3)25-21(26)16-9-10-18-17(11-16)12-19(30-23(18)27)15-7-5-4-6-8-15/h4-11,19H,12H2,1-3H3,(H,25,26)/t19-/m0/s1. The van der Waals surface area contributed by atoms with Gasteiger partial charge in [0.15, 0.2) is 0 Å². The molecule has 0 saturated heterocycles. The molecular weight excluding hydrogens is 414 g/mol. The largest absolute Gasteiger partial charge is 0.465 e. The summed E-state index contributed by atoms with van der Waals surface area (Å²) in [5, 5.41) is 3.28. The molecule has 31 heavy (non-hydrogen) atoms. The molecule has 0 fully saturated rings. The minimum Gasteiger partial charge on any atom is -0.465 e. The molecule has 0 bridgehead atoms. The first-order chi connectivity index (χ1) is 14.9. The molecule has 0 aliphatic carbocycles. The van der Waals surface area contributed by atoms with E-state index < -0.39 is 18.0 Å². The van der Waals surface area contributed by atoms with E-state index in [1.165, 1.54) is 18.4 Å². The van der Waals surface area contributed by atoms with Crippen LogP contribution in [0.3, 0.4) is 0 Å². The number of benzene rings is 2. The van der Waals surface area contributed by atoms with Gasteiger partial charge in [0, 0.05) is 16.9 Å². The van der Waals surface area contributed by atoms with Crippen LogP contribution in [-0.2, 0) is 15.9 Å². The molecule has 158 valence electrons. The predicted molar refractivity (Wildman–Crippen MR) is 118 cm³/mol. The Morgan fingerprint density at radius 3 is 2.58 bits per heavy atom. The number of anilines is 1. The van der Waals surface area contributed by atoms with Crippen LogP contribution >= 0.6 is 11.3 Å². The Morgan fingerprint density at radius 2 is 1.87 bits per heavy atom. The summed E-state index contributed by atoms with van der Waals surface area (Å²) < 4.78 is 10.4. The van der Waals surface area contributed by atoms with E-state index in [0.717, 1.165) is 21.6 Å². The Morgan fingerprint density at radius 1 is 1.13 bits per heavy atom. The second-order valence-corrected chi connectivity index (χ2v) is 8.54. The Labute approximate surface area is 183 Å². The smallest absolute Gasteiger partial charge is 0.341 e. The van der Waals surface area contributed by atoms with Crippen molar-refractivity contribution in [3.63, 3.8) is 0 Å². The van der Waals surface area contributed by atoms with Gasteiger partial charge in [-0.3, -0.25) is 4.79 Å². The molecule has 1 aliphatic rings. The number of cyclic esters (lactones) is 1. The quantitative estimate of drug-likeness (QED) is 0.592. The number of hydrogen-bond acceptors (Lipinski definition) is 6. The number of thiophene rings is 1. The van der Waals surface area contributed by atoms with Gasteiger partial charge in [0.25, 0.3) is 5.91 Å². The Kier molecular flexibility index (Phi) is 5.61. The minimum absolute atomic E-state index is 0.357. The summed E-state index contributed by atoms with van der Waals surface area (Å²) in [7, 11) is 1.31. The fourth-order valence-electron chi connectivity index (χ4n) is 3.63. The van der Waals surface area contributed by atoms with Crippen LogP contribution in [0, 0.1) is 13.8 Å². The number of nitrogens with one attached hydrogen (secondary N) is 1. The lowest BCUT2D eigenvalue weighted by molar-refractivity contribution is 0.0252. The molecule has 1 atom stereocenters. The fourth-order valence-corrected chi connectivity index (χ4v) is 4.67. The maximum Gasteiger partial charge on any atom is 0.341 e. The maximum atomic E-state index is 12.9. The van der Waals surface area contributed by atoms with Gasteiger partial charge in [-0.25, -0.2) is 9.59 Å². The topological polar surface area (TPSA) is 81.7 Å². The normalized spacial score (nSPS) is 15.1. The van der Waals surface area contributed by atoms with Crippen LogP contribution in [0.4, 0.5) is 5.00 Å².